The number of nitrogens with zero attached hydrogens (tertiary/aromatic N) is 2. The van der Waals surface area contributed by atoms with Crippen molar-refractivity contribution in [2.75, 3.05) is 6.54 Å². The molecule has 1 aromatic rings. The van der Waals surface area contributed by atoms with Gasteiger partial charge in [-0.1, -0.05) is 25.4 Å². The third-order valence-electron chi connectivity index (χ3n) is 2.49. The lowest BCUT2D eigenvalue weighted by Crippen LogP contribution is -2.28. The second-order valence-corrected chi connectivity index (χ2v) is 4.27. The van der Waals surface area contributed by atoms with Crippen molar-refractivity contribution in [2.24, 2.45) is 0 Å². The summed E-state index contributed by atoms with van der Waals surface area (Å²) in [7, 11) is 0. The smallest absolute Gasteiger partial charge is 0.228 e. The Balaban J connectivity index is 2.33. The first-order valence-corrected chi connectivity index (χ1v) is 6.31. The van der Waals surface area contributed by atoms with E-state index in [1.807, 2.05) is 0 Å². The van der Waals surface area contributed by atoms with Gasteiger partial charge in [-0.2, -0.15) is 4.98 Å². The third kappa shape index (κ3) is 4.75. The van der Waals surface area contributed by atoms with Crippen molar-refractivity contribution >= 4 is 0 Å². The van der Waals surface area contributed by atoms with Crippen molar-refractivity contribution in [2.45, 2.75) is 58.9 Å². The van der Waals surface area contributed by atoms with Gasteiger partial charge in [0.15, 0.2) is 5.82 Å². The highest BCUT2D eigenvalue weighted by Gasteiger charge is 2.09. The molecule has 1 aromatic heterocycles. The zero-order valence-electron chi connectivity index (χ0n) is 10.6. The van der Waals surface area contributed by atoms with Crippen LogP contribution >= 0.6 is 0 Å². The molecule has 92 valence electrons. The van der Waals surface area contributed by atoms with Crippen LogP contribution in [-0.2, 0) is 12.8 Å². The van der Waals surface area contributed by atoms with Crippen molar-refractivity contribution < 1.29 is 4.52 Å². The molecule has 1 N–H and O–H groups in total. The number of aryl methyl sites for hydroxylation is 1. The Hall–Kier alpha value is -0.900. The Bertz CT molecular complexity index is 286. The summed E-state index contributed by atoms with van der Waals surface area (Å²) in [5.74, 6) is 1.60. The maximum Gasteiger partial charge on any atom is 0.228 e. The van der Waals surface area contributed by atoms with Crippen LogP contribution in [0.1, 0.15) is 51.7 Å². The van der Waals surface area contributed by atoms with E-state index in [0.29, 0.717) is 6.04 Å². The summed E-state index contributed by atoms with van der Waals surface area (Å²) in [4.78, 5) is 4.38. The molecule has 0 bridgehead atoms. The Morgan fingerprint density at radius 3 is 2.81 bits per heavy atom. The third-order valence-corrected chi connectivity index (χ3v) is 2.49. The van der Waals surface area contributed by atoms with Crippen molar-refractivity contribution in [3.05, 3.63) is 11.7 Å². The Morgan fingerprint density at radius 2 is 2.12 bits per heavy atom. The van der Waals surface area contributed by atoms with Crippen LogP contribution in [-0.4, -0.2) is 22.7 Å². The number of hydrogen-bond donors (Lipinski definition) is 1. The first-order chi connectivity index (χ1) is 7.76. The highest BCUT2D eigenvalue weighted by Crippen LogP contribution is 2.04. The average Bonchev–Trinajstić information content (AvgIpc) is 2.71. The summed E-state index contributed by atoms with van der Waals surface area (Å²) in [6, 6.07) is 0.402. The number of unbranched alkanes of at least 4 members (excludes halogenated alkanes) is 1. The van der Waals surface area contributed by atoms with Gasteiger partial charge in [0.2, 0.25) is 5.89 Å². The van der Waals surface area contributed by atoms with Crippen molar-refractivity contribution in [1.82, 2.24) is 15.5 Å². The number of nitrogens with one attached hydrogen (secondary N) is 1. The van der Waals surface area contributed by atoms with E-state index in [4.69, 9.17) is 4.52 Å². The molecule has 0 amide bonds. The van der Waals surface area contributed by atoms with Gasteiger partial charge in [0.05, 0.1) is 0 Å². The molecular weight excluding hydrogens is 202 g/mol. The summed E-state index contributed by atoms with van der Waals surface area (Å²) >= 11 is 0. The zero-order valence-corrected chi connectivity index (χ0v) is 10.6. The summed E-state index contributed by atoms with van der Waals surface area (Å²) in [5.41, 5.74) is 0. The van der Waals surface area contributed by atoms with Crippen LogP contribution in [0, 0.1) is 0 Å². The summed E-state index contributed by atoms with van der Waals surface area (Å²) in [5, 5.41) is 7.38. The molecule has 0 saturated heterocycles. The van der Waals surface area contributed by atoms with Gasteiger partial charge in [0, 0.05) is 18.9 Å². The lowest BCUT2D eigenvalue weighted by atomic mass is 10.2. The normalized spacial score (nSPS) is 12.9. The molecule has 4 nitrogen and oxygen atoms in total. The minimum Gasteiger partial charge on any atom is -0.339 e. The van der Waals surface area contributed by atoms with Gasteiger partial charge in [-0.05, 0) is 26.3 Å². The summed E-state index contributed by atoms with van der Waals surface area (Å²) in [6.45, 7) is 7.51. The molecule has 0 aromatic carbocycles. The second kappa shape index (κ2) is 7.39. The first kappa shape index (κ1) is 13.2. The van der Waals surface area contributed by atoms with Crippen LogP contribution < -0.4 is 5.32 Å². The van der Waals surface area contributed by atoms with Gasteiger partial charge < -0.3 is 9.84 Å². The van der Waals surface area contributed by atoms with Gasteiger partial charge in [-0.3, -0.25) is 0 Å². The van der Waals surface area contributed by atoms with E-state index in [-0.39, 0.29) is 0 Å². The van der Waals surface area contributed by atoms with Crippen molar-refractivity contribution in [1.29, 1.82) is 0 Å². The largest absolute Gasteiger partial charge is 0.339 e. The molecule has 1 unspecified atom stereocenters. The minimum absolute atomic E-state index is 0.402. The molecule has 0 spiro atoms. The van der Waals surface area contributed by atoms with Crippen molar-refractivity contribution in [3.63, 3.8) is 0 Å². The van der Waals surface area contributed by atoms with E-state index >= 15 is 0 Å². The van der Waals surface area contributed by atoms with E-state index in [9.17, 15) is 0 Å². The lowest BCUT2D eigenvalue weighted by Gasteiger charge is -2.09. The molecule has 4 heteroatoms. The van der Waals surface area contributed by atoms with Crippen LogP contribution in [0.5, 0.6) is 0 Å². The SMILES string of the molecule is CCCCc1noc(CC(C)NCCC)n1. The molecule has 1 atom stereocenters. The summed E-state index contributed by atoms with van der Waals surface area (Å²) < 4.78 is 5.21. The van der Waals surface area contributed by atoms with Gasteiger partial charge in [0.25, 0.3) is 0 Å². The molecule has 1 rings (SSSR count). The van der Waals surface area contributed by atoms with Crippen LogP contribution in [0.2, 0.25) is 0 Å². The molecular formula is C12H23N3O. The standard InChI is InChI=1S/C12H23N3O/c1-4-6-7-11-14-12(16-15-11)9-10(3)13-8-5-2/h10,13H,4-9H2,1-3H3. The highest BCUT2D eigenvalue weighted by molar-refractivity contribution is 4.88. The fraction of sp³-hybridized carbons (Fsp3) is 0.833. The molecule has 0 radical (unpaired) electrons. The molecule has 0 aliphatic carbocycles. The molecule has 0 aliphatic heterocycles. The van der Waals surface area contributed by atoms with E-state index < -0.39 is 0 Å². The first-order valence-electron chi connectivity index (χ1n) is 6.31. The molecule has 0 fully saturated rings. The second-order valence-electron chi connectivity index (χ2n) is 4.27. The number of rotatable bonds is 8. The van der Waals surface area contributed by atoms with Gasteiger partial charge in [0.1, 0.15) is 0 Å². The molecule has 0 saturated carbocycles. The highest BCUT2D eigenvalue weighted by atomic mass is 16.5. The van der Waals surface area contributed by atoms with Gasteiger partial charge in [-0.15, -0.1) is 0 Å². The topological polar surface area (TPSA) is 51.0 Å². The lowest BCUT2D eigenvalue weighted by molar-refractivity contribution is 0.357. The van der Waals surface area contributed by atoms with Gasteiger partial charge in [-0.25, -0.2) is 0 Å². The predicted octanol–water partition coefficient (Wildman–Crippen LogP) is 2.34. The number of hydrogen-bond acceptors (Lipinski definition) is 4. The Kier molecular flexibility index (Phi) is 6.08. The fourth-order valence-corrected chi connectivity index (χ4v) is 1.53. The Morgan fingerprint density at radius 1 is 1.31 bits per heavy atom. The maximum atomic E-state index is 5.21. The Labute approximate surface area is 97.8 Å². The van der Waals surface area contributed by atoms with E-state index in [1.165, 1.54) is 6.42 Å². The van der Waals surface area contributed by atoms with Crippen LogP contribution in [0.4, 0.5) is 0 Å². The van der Waals surface area contributed by atoms with Crippen LogP contribution in [0.15, 0.2) is 4.52 Å². The number of aromatic nitrogens is 2. The monoisotopic (exact) mass is 225 g/mol. The zero-order chi connectivity index (χ0) is 11.8. The molecule has 0 aliphatic rings. The van der Waals surface area contributed by atoms with Crippen LogP contribution in [0.3, 0.4) is 0 Å². The quantitative estimate of drug-likeness (QED) is 0.738. The van der Waals surface area contributed by atoms with E-state index in [0.717, 1.165) is 43.9 Å². The molecule has 16 heavy (non-hydrogen) atoms. The molecule has 1 heterocycles. The average molecular weight is 225 g/mol. The minimum atomic E-state index is 0.402. The predicted molar refractivity (Wildman–Crippen MR) is 64.4 cm³/mol. The van der Waals surface area contributed by atoms with E-state index in [2.05, 4.69) is 36.2 Å². The maximum absolute atomic E-state index is 5.21. The van der Waals surface area contributed by atoms with Crippen LogP contribution in [0.25, 0.3) is 0 Å². The van der Waals surface area contributed by atoms with Gasteiger partial charge >= 0.3 is 0 Å². The summed E-state index contributed by atoms with van der Waals surface area (Å²) in [6.07, 6.45) is 5.19. The van der Waals surface area contributed by atoms with E-state index in [1.54, 1.807) is 0 Å². The fourth-order valence-electron chi connectivity index (χ4n) is 1.53. The van der Waals surface area contributed by atoms with Crippen molar-refractivity contribution in [3.8, 4) is 0 Å².